The largest absolute Gasteiger partial charge is 0.464 e. The van der Waals surface area contributed by atoms with Crippen LogP contribution in [0, 0.1) is 5.92 Å². The summed E-state index contributed by atoms with van der Waals surface area (Å²) in [6.45, 7) is 6.45. The maximum absolute atomic E-state index is 12.7. The van der Waals surface area contributed by atoms with Crippen molar-refractivity contribution in [2.24, 2.45) is 5.92 Å². The zero-order chi connectivity index (χ0) is 16.0. The molecular weight excluding hydrogens is 282 g/mol. The van der Waals surface area contributed by atoms with Crippen LogP contribution in [0.3, 0.4) is 0 Å². The van der Waals surface area contributed by atoms with Crippen molar-refractivity contribution in [3.63, 3.8) is 0 Å². The molecule has 0 aliphatic carbocycles. The number of rotatable bonds is 8. The summed E-state index contributed by atoms with van der Waals surface area (Å²) in [6.07, 6.45) is 6.27. The number of carbonyl (C=O) groups excluding carboxylic acids is 2. The number of fused-ring (bicyclic) bond motifs is 3. The molecule has 0 unspecified atom stereocenters. The SMILES string of the molecule is CCCCOC(=O)C1(C(=O)OCCCC)CC2CCN1CC2. The van der Waals surface area contributed by atoms with Gasteiger partial charge >= 0.3 is 11.9 Å². The molecule has 22 heavy (non-hydrogen) atoms. The average molecular weight is 311 g/mol. The van der Waals surface area contributed by atoms with E-state index in [1.807, 2.05) is 4.90 Å². The van der Waals surface area contributed by atoms with Crippen LogP contribution >= 0.6 is 0 Å². The predicted octanol–water partition coefficient (Wildman–Crippen LogP) is 2.53. The van der Waals surface area contributed by atoms with Crippen molar-refractivity contribution < 1.29 is 19.1 Å². The predicted molar refractivity (Wildman–Crippen MR) is 83.4 cm³/mol. The molecule has 3 rings (SSSR count). The molecule has 0 radical (unpaired) electrons. The Bertz CT molecular complexity index is 366. The van der Waals surface area contributed by atoms with Gasteiger partial charge in [-0.05, 0) is 38.0 Å². The molecule has 0 aromatic heterocycles. The van der Waals surface area contributed by atoms with Crippen LogP contribution in [-0.2, 0) is 19.1 Å². The van der Waals surface area contributed by atoms with Crippen molar-refractivity contribution in [1.82, 2.24) is 4.90 Å². The maximum Gasteiger partial charge on any atom is 0.338 e. The fraction of sp³-hybridized carbons (Fsp3) is 0.882. The number of ether oxygens (including phenoxy) is 2. The van der Waals surface area contributed by atoms with Crippen LogP contribution in [0.1, 0.15) is 58.8 Å². The van der Waals surface area contributed by atoms with Gasteiger partial charge in [-0.15, -0.1) is 0 Å². The lowest BCUT2D eigenvalue weighted by Crippen LogP contribution is -2.67. The molecule has 0 spiro atoms. The highest BCUT2D eigenvalue weighted by Crippen LogP contribution is 2.41. The molecule has 2 bridgehead atoms. The van der Waals surface area contributed by atoms with Crippen LogP contribution in [0.5, 0.6) is 0 Å². The quantitative estimate of drug-likeness (QED) is 0.392. The van der Waals surface area contributed by atoms with Crippen molar-refractivity contribution >= 4 is 11.9 Å². The highest BCUT2D eigenvalue weighted by atomic mass is 16.6. The van der Waals surface area contributed by atoms with Crippen molar-refractivity contribution in [3.05, 3.63) is 0 Å². The van der Waals surface area contributed by atoms with E-state index in [0.717, 1.165) is 51.6 Å². The summed E-state index contributed by atoms with van der Waals surface area (Å²) >= 11 is 0. The normalized spacial score (nSPS) is 25.7. The maximum atomic E-state index is 12.7. The molecule has 3 fully saturated rings. The lowest BCUT2D eigenvalue weighted by molar-refractivity contribution is -0.185. The third-order valence-corrected chi connectivity index (χ3v) is 4.88. The molecular formula is C17H29NO4. The standard InChI is InChI=1S/C17H29NO4/c1-3-5-11-21-15(19)17(16(20)22-12-6-4-2)13-14-7-9-18(17)10-8-14/h14H,3-13H2,1-2H3. The highest BCUT2D eigenvalue weighted by Gasteiger charge is 2.58. The van der Waals surface area contributed by atoms with Crippen LogP contribution in [0.25, 0.3) is 0 Å². The third kappa shape index (κ3) is 3.45. The second-order valence-electron chi connectivity index (χ2n) is 6.47. The van der Waals surface area contributed by atoms with Gasteiger partial charge < -0.3 is 9.47 Å². The van der Waals surface area contributed by atoms with Gasteiger partial charge in [-0.25, -0.2) is 9.59 Å². The van der Waals surface area contributed by atoms with Crippen molar-refractivity contribution in [1.29, 1.82) is 0 Å². The van der Waals surface area contributed by atoms with Crippen LogP contribution < -0.4 is 0 Å². The fourth-order valence-electron chi connectivity index (χ4n) is 3.43. The molecule has 5 heteroatoms. The van der Waals surface area contributed by atoms with Gasteiger partial charge in [-0.1, -0.05) is 26.7 Å². The summed E-state index contributed by atoms with van der Waals surface area (Å²) < 4.78 is 10.8. The first-order valence-electron chi connectivity index (χ1n) is 8.74. The molecule has 126 valence electrons. The molecule has 3 aliphatic heterocycles. The van der Waals surface area contributed by atoms with E-state index < -0.39 is 17.5 Å². The minimum absolute atomic E-state index is 0.387. The molecule has 0 saturated carbocycles. The Morgan fingerprint density at radius 3 is 1.86 bits per heavy atom. The Kier molecular flexibility index (Phi) is 6.24. The van der Waals surface area contributed by atoms with Gasteiger partial charge in [-0.3, -0.25) is 4.90 Å². The average Bonchev–Trinajstić information content (AvgIpc) is 2.55. The summed E-state index contributed by atoms with van der Waals surface area (Å²) in [6, 6.07) is 0. The number of nitrogens with zero attached hydrogens (tertiary/aromatic N) is 1. The Hall–Kier alpha value is -1.10. The van der Waals surface area contributed by atoms with E-state index in [-0.39, 0.29) is 0 Å². The minimum Gasteiger partial charge on any atom is -0.464 e. The lowest BCUT2D eigenvalue weighted by Gasteiger charge is -2.50. The summed E-state index contributed by atoms with van der Waals surface area (Å²) in [5.74, 6) is -0.360. The number of piperidine rings is 3. The van der Waals surface area contributed by atoms with Crippen LogP contribution in [0.4, 0.5) is 0 Å². The van der Waals surface area contributed by atoms with Gasteiger partial charge in [0.2, 0.25) is 5.54 Å². The van der Waals surface area contributed by atoms with Gasteiger partial charge in [0.05, 0.1) is 13.2 Å². The molecule has 5 nitrogen and oxygen atoms in total. The van der Waals surface area contributed by atoms with Crippen LogP contribution in [0.2, 0.25) is 0 Å². The molecule has 3 heterocycles. The second-order valence-corrected chi connectivity index (χ2v) is 6.47. The van der Waals surface area contributed by atoms with Gasteiger partial charge in [0.1, 0.15) is 0 Å². The Morgan fingerprint density at radius 2 is 1.50 bits per heavy atom. The van der Waals surface area contributed by atoms with E-state index in [1.54, 1.807) is 0 Å². The molecule has 0 aromatic carbocycles. The number of carbonyl (C=O) groups is 2. The second kappa shape index (κ2) is 7.95. The minimum atomic E-state index is -1.18. The third-order valence-electron chi connectivity index (χ3n) is 4.88. The van der Waals surface area contributed by atoms with Crippen LogP contribution in [0.15, 0.2) is 0 Å². The van der Waals surface area contributed by atoms with Crippen molar-refractivity contribution in [2.45, 2.75) is 64.3 Å². The van der Waals surface area contributed by atoms with E-state index in [9.17, 15) is 9.59 Å². The van der Waals surface area contributed by atoms with Gasteiger partial charge in [0.15, 0.2) is 0 Å². The molecule has 3 saturated heterocycles. The molecule has 0 N–H and O–H groups in total. The highest BCUT2D eigenvalue weighted by molar-refractivity contribution is 6.05. The summed E-state index contributed by atoms with van der Waals surface area (Å²) in [7, 11) is 0. The van der Waals surface area contributed by atoms with Crippen molar-refractivity contribution in [2.75, 3.05) is 26.3 Å². The first-order valence-corrected chi connectivity index (χ1v) is 8.74. The topological polar surface area (TPSA) is 55.8 Å². The van der Waals surface area contributed by atoms with Crippen molar-refractivity contribution in [3.8, 4) is 0 Å². The van der Waals surface area contributed by atoms with E-state index in [1.165, 1.54) is 0 Å². The van der Waals surface area contributed by atoms with E-state index in [2.05, 4.69) is 13.8 Å². The lowest BCUT2D eigenvalue weighted by atomic mass is 9.74. The first-order chi connectivity index (χ1) is 10.6. The molecule has 0 atom stereocenters. The fourth-order valence-corrected chi connectivity index (χ4v) is 3.43. The summed E-state index contributed by atoms with van der Waals surface area (Å²) in [5, 5.41) is 0. The van der Waals surface area contributed by atoms with Gasteiger partial charge in [0.25, 0.3) is 0 Å². The Morgan fingerprint density at radius 1 is 1.00 bits per heavy atom. The number of hydrogen-bond donors (Lipinski definition) is 0. The van der Waals surface area contributed by atoms with E-state index >= 15 is 0 Å². The smallest absolute Gasteiger partial charge is 0.338 e. The van der Waals surface area contributed by atoms with E-state index in [4.69, 9.17) is 9.47 Å². The van der Waals surface area contributed by atoms with Crippen LogP contribution in [-0.4, -0.2) is 48.7 Å². The first kappa shape index (κ1) is 17.3. The van der Waals surface area contributed by atoms with E-state index in [0.29, 0.717) is 25.6 Å². The molecule has 0 amide bonds. The van der Waals surface area contributed by atoms with Gasteiger partial charge in [0, 0.05) is 13.1 Å². The summed E-state index contributed by atoms with van der Waals surface area (Å²) in [5.41, 5.74) is -1.18. The Balaban J connectivity index is 2.10. The number of esters is 2. The molecule has 3 aliphatic rings. The Labute approximate surface area is 133 Å². The summed E-state index contributed by atoms with van der Waals surface area (Å²) in [4.78, 5) is 27.4. The number of unbranched alkanes of at least 4 members (excludes halogenated alkanes) is 2. The zero-order valence-electron chi connectivity index (χ0n) is 13.9. The van der Waals surface area contributed by atoms with Gasteiger partial charge in [-0.2, -0.15) is 0 Å². The number of hydrogen-bond acceptors (Lipinski definition) is 5. The monoisotopic (exact) mass is 311 g/mol. The molecule has 0 aromatic rings. The zero-order valence-corrected chi connectivity index (χ0v) is 13.9.